The van der Waals surface area contributed by atoms with Crippen LogP contribution in [0.15, 0.2) is 42.5 Å². The van der Waals surface area contributed by atoms with Crippen molar-refractivity contribution in [3.05, 3.63) is 53.8 Å². The Morgan fingerprint density at radius 2 is 1.74 bits per heavy atom. The molecule has 2 aromatic rings. The average molecular weight is 328 g/mol. The Balaban J connectivity index is 2.48. The molecular weight excluding hydrogens is 316 g/mol. The molecule has 0 spiro atoms. The van der Waals surface area contributed by atoms with Crippen LogP contribution in [0.2, 0.25) is 0 Å². The van der Waals surface area contributed by atoms with Gasteiger partial charge in [0.2, 0.25) is 0 Å². The van der Waals surface area contributed by atoms with Gasteiger partial charge in [-0.3, -0.25) is 0 Å². The standard InChI is InChI=1S/C16H12F4O3/c1-22-16(21)9-6-7-12(17)11(8-9)10-4-2-3-5-13(10)23-15(20)14(18)19/h2-8,14-15H,1H3. The maximum absolute atomic E-state index is 14.0. The van der Waals surface area contributed by atoms with Crippen LogP contribution >= 0.6 is 0 Å². The summed E-state index contributed by atoms with van der Waals surface area (Å²) in [5, 5.41) is 0. The lowest BCUT2D eigenvalue weighted by atomic mass is 10.0. The Hall–Kier alpha value is -2.57. The monoisotopic (exact) mass is 328 g/mol. The van der Waals surface area contributed by atoms with E-state index in [1.807, 2.05) is 0 Å². The number of hydrogen-bond donors (Lipinski definition) is 0. The molecule has 0 aliphatic heterocycles. The van der Waals surface area contributed by atoms with E-state index in [2.05, 4.69) is 9.47 Å². The van der Waals surface area contributed by atoms with Crippen molar-refractivity contribution in [1.29, 1.82) is 0 Å². The number of esters is 1. The number of benzene rings is 2. The Kier molecular flexibility index (Phi) is 5.20. The SMILES string of the molecule is COC(=O)c1ccc(F)c(-c2ccccc2OC(F)C(F)F)c1. The Morgan fingerprint density at radius 3 is 2.39 bits per heavy atom. The predicted octanol–water partition coefficient (Wildman–Crippen LogP) is 4.22. The van der Waals surface area contributed by atoms with E-state index in [-0.39, 0.29) is 22.4 Å². The summed E-state index contributed by atoms with van der Waals surface area (Å²) in [5.41, 5.74) is 0.00776. The molecule has 1 unspecified atom stereocenters. The van der Waals surface area contributed by atoms with Gasteiger partial charge in [-0.2, -0.15) is 4.39 Å². The van der Waals surface area contributed by atoms with Crippen LogP contribution in [-0.2, 0) is 4.74 Å². The van der Waals surface area contributed by atoms with Crippen LogP contribution in [0.3, 0.4) is 0 Å². The Labute approximate surface area is 129 Å². The fourth-order valence-electron chi connectivity index (χ4n) is 1.94. The van der Waals surface area contributed by atoms with Crippen LogP contribution in [0.25, 0.3) is 11.1 Å². The Bertz CT molecular complexity index is 703. The molecule has 0 heterocycles. The summed E-state index contributed by atoms with van der Waals surface area (Å²) in [7, 11) is 1.17. The number of methoxy groups -OCH3 is 1. The maximum atomic E-state index is 14.0. The van der Waals surface area contributed by atoms with Crippen LogP contribution in [-0.4, -0.2) is 25.9 Å². The van der Waals surface area contributed by atoms with Gasteiger partial charge in [0.05, 0.1) is 12.7 Å². The fraction of sp³-hybridized carbons (Fsp3) is 0.188. The molecule has 0 saturated heterocycles. The van der Waals surface area contributed by atoms with E-state index in [1.54, 1.807) is 0 Å². The summed E-state index contributed by atoms with van der Waals surface area (Å²) in [5.74, 6) is -1.68. The van der Waals surface area contributed by atoms with Gasteiger partial charge >= 0.3 is 12.4 Å². The molecule has 0 fully saturated rings. The zero-order valence-corrected chi connectivity index (χ0v) is 11.9. The van der Waals surface area contributed by atoms with Crippen molar-refractivity contribution in [2.45, 2.75) is 12.8 Å². The molecule has 0 aromatic heterocycles. The molecule has 3 nitrogen and oxygen atoms in total. The van der Waals surface area contributed by atoms with Gasteiger partial charge in [0.25, 0.3) is 6.36 Å². The molecule has 0 amide bonds. The minimum atomic E-state index is -3.34. The molecule has 0 aliphatic carbocycles. The first kappa shape index (κ1) is 16.8. The number of ether oxygens (including phenoxy) is 2. The van der Waals surface area contributed by atoms with E-state index in [4.69, 9.17) is 0 Å². The van der Waals surface area contributed by atoms with Crippen LogP contribution in [0.5, 0.6) is 5.75 Å². The highest BCUT2D eigenvalue weighted by Gasteiger charge is 2.23. The number of carbonyl (C=O) groups is 1. The van der Waals surface area contributed by atoms with Gasteiger partial charge in [-0.1, -0.05) is 18.2 Å². The molecule has 2 rings (SSSR count). The summed E-state index contributed by atoms with van der Waals surface area (Å²) in [4.78, 5) is 11.5. The van der Waals surface area contributed by atoms with Gasteiger partial charge in [-0.05, 0) is 24.3 Å². The number of carbonyl (C=O) groups excluding carboxylic acids is 1. The predicted molar refractivity (Wildman–Crippen MR) is 74.7 cm³/mol. The van der Waals surface area contributed by atoms with Crippen molar-refractivity contribution < 1.29 is 31.8 Å². The van der Waals surface area contributed by atoms with Gasteiger partial charge in [0, 0.05) is 11.1 Å². The van der Waals surface area contributed by atoms with Gasteiger partial charge in [0.15, 0.2) is 0 Å². The van der Waals surface area contributed by atoms with Crippen LogP contribution in [0, 0.1) is 5.82 Å². The number of hydrogen-bond acceptors (Lipinski definition) is 3. The third-order valence-corrected chi connectivity index (χ3v) is 3.00. The van der Waals surface area contributed by atoms with Crippen molar-refractivity contribution in [3.8, 4) is 16.9 Å². The molecule has 0 saturated carbocycles. The second-order valence-corrected chi connectivity index (χ2v) is 4.49. The van der Waals surface area contributed by atoms with Gasteiger partial charge in [-0.15, -0.1) is 0 Å². The van der Waals surface area contributed by atoms with Crippen molar-refractivity contribution >= 4 is 5.97 Å². The molecule has 0 radical (unpaired) electrons. The normalized spacial score (nSPS) is 12.1. The second kappa shape index (κ2) is 7.13. The molecule has 0 aliphatic rings. The molecule has 122 valence electrons. The number of halogens is 4. The highest BCUT2D eigenvalue weighted by atomic mass is 19.3. The molecule has 1 atom stereocenters. The largest absolute Gasteiger partial charge is 0.465 e. The zero-order valence-electron chi connectivity index (χ0n) is 11.9. The number of rotatable bonds is 5. The Morgan fingerprint density at radius 1 is 1.04 bits per heavy atom. The highest BCUT2D eigenvalue weighted by molar-refractivity contribution is 5.91. The molecule has 0 bridgehead atoms. The van der Waals surface area contributed by atoms with Crippen molar-refractivity contribution in [1.82, 2.24) is 0 Å². The summed E-state index contributed by atoms with van der Waals surface area (Å²) >= 11 is 0. The number of para-hydroxylation sites is 1. The van der Waals surface area contributed by atoms with Crippen molar-refractivity contribution in [2.75, 3.05) is 7.11 Å². The van der Waals surface area contributed by atoms with E-state index >= 15 is 0 Å². The van der Waals surface area contributed by atoms with Crippen LogP contribution in [0.1, 0.15) is 10.4 Å². The summed E-state index contributed by atoms with van der Waals surface area (Å²) in [6, 6.07) is 8.95. The van der Waals surface area contributed by atoms with E-state index in [9.17, 15) is 22.4 Å². The zero-order chi connectivity index (χ0) is 17.0. The van der Waals surface area contributed by atoms with Gasteiger partial charge in [0.1, 0.15) is 11.6 Å². The van der Waals surface area contributed by atoms with E-state index in [0.29, 0.717) is 0 Å². The molecular formula is C16H12F4O3. The van der Waals surface area contributed by atoms with Crippen molar-refractivity contribution in [3.63, 3.8) is 0 Å². The lowest BCUT2D eigenvalue weighted by molar-refractivity contribution is -0.0666. The summed E-state index contributed by atoms with van der Waals surface area (Å²) in [6.45, 7) is 0. The first-order chi connectivity index (χ1) is 10.9. The smallest absolute Gasteiger partial charge is 0.337 e. The lowest BCUT2D eigenvalue weighted by Crippen LogP contribution is -2.19. The van der Waals surface area contributed by atoms with Crippen LogP contribution < -0.4 is 4.74 Å². The van der Waals surface area contributed by atoms with E-state index in [0.717, 1.165) is 6.07 Å². The van der Waals surface area contributed by atoms with Crippen LogP contribution in [0.4, 0.5) is 17.6 Å². The minimum absolute atomic E-state index is 0.0408. The fourth-order valence-corrected chi connectivity index (χ4v) is 1.94. The van der Waals surface area contributed by atoms with Crippen molar-refractivity contribution in [2.24, 2.45) is 0 Å². The van der Waals surface area contributed by atoms with E-state index < -0.39 is 24.6 Å². The third kappa shape index (κ3) is 3.80. The summed E-state index contributed by atoms with van der Waals surface area (Å²) in [6.07, 6.45) is -6.18. The molecule has 7 heteroatoms. The van der Waals surface area contributed by atoms with Gasteiger partial charge < -0.3 is 9.47 Å². The topological polar surface area (TPSA) is 35.5 Å². The minimum Gasteiger partial charge on any atom is -0.465 e. The molecule has 2 aromatic carbocycles. The third-order valence-electron chi connectivity index (χ3n) is 3.00. The molecule has 23 heavy (non-hydrogen) atoms. The number of alkyl halides is 3. The second-order valence-electron chi connectivity index (χ2n) is 4.49. The summed E-state index contributed by atoms with van der Waals surface area (Å²) < 4.78 is 60.9. The maximum Gasteiger partial charge on any atom is 0.337 e. The highest BCUT2D eigenvalue weighted by Crippen LogP contribution is 2.33. The average Bonchev–Trinajstić information content (AvgIpc) is 2.55. The first-order valence-electron chi connectivity index (χ1n) is 6.50. The first-order valence-corrected chi connectivity index (χ1v) is 6.50. The van der Waals surface area contributed by atoms with Gasteiger partial charge in [-0.25, -0.2) is 18.0 Å². The quantitative estimate of drug-likeness (QED) is 0.609. The molecule has 0 N–H and O–H groups in total. The lowest BCUT2D eigenvalue weighted by Gasteiger charge is -2.15. The van der Waals surface area contributed by atoms with E-state index in [1.165, 1.54) is 43.5 Å².